The molecule has 0 spiro atoms. The molecule has 1 fully saturated rings. The van der Waals surface area contributed by atoms with Crippen LogP contribution in [0.15, 0.2) is 54.9 Å². The molecule has 1 atom stereocenters. The lowest BCUT2D eigenvalue weighted by Crippen LogP contribution is -2.41. The number of hydrogen-bond donors (Lipinski definition) is 3. The highest BCUT2D eigenvalue weighted by molar-refractivity contribution is 6.50. The molecule has 3 N–H and O–H groups in total. The van der Waals surface area contributed by atoms with Gasteiger partial charge in [0.25, 0.3) is 11.8 Å². The number of amides is 2. The number of nitrogens with one attached hydrogen (secondary N) is 2. The standard InChI is InChI=1S/C28H28N4O4/c1-17-6-7-24-20(12-17)22(16-32(24)15-18(33)14-31-8-10-36-11-9-31)26-25(27(34)30-28(26)35)21-13-29-23-5-3-2-4-19(21)23/h2-7,12-13,16,18,29,33H,8-11,14-15H2,1H3,(H,30,34,35). The van der Waals surface area contributed by atoms with Crippen LogP contribution in [-0.4, -0.2) is 70.3 Å². The number of carbonyl (C=O) groups is 2. The maximum atomic E-state index is 13.2. The van der Waals surface area contributed by atoms with Crippen LogP contribution in [-0.2, 0) is 20.9 Å². The molecule has 36 heavy (non-hydrogen) atoms. The van der Waals surface area contributed by atoms with Crippen molar-refractivity contribution in [2.45, 2.75) is 19.6 Å². The van der Waals surface area contributed by atoms with E-state index in [1.165, 1.54) is 0 Å². The van der Waals surface area contributed by atoms with E-state index in [1.807, 2.05) is 60.2 Å². The molecule has 2 aliphatic rings. The van der Waals surface area contributed by atoms with Gasteiger partial charge in [-0.15, -0.1) is 0 Å². The summed E-state index contributed by atoms with van der Waals surface area (Å²) in [5, 5.41) is 15.2. The summed E-state index contributed by atoms with van der Waals surface area (Å²) in [5.74, 6) is -0.810. The van der Waals surface area contributed by atoms with E-state index in [0.717, 1.165) is 40.5 Å². The number of β-amino-alcohol motifs (C(OH)–C–C–N with tert-alkyl or cyclic N) is 1. The van der Waals surface area contributed by atoms with Gasteiger partial charge in [-0.3, -0.25) is 19.8 Å². The number of para-hydroxylation sites is 1. The predicted octanol–water partition coefficient (Wildman–Crippen LogP) is 2.69. The summed E-state index contributed by atoms with van der Waals surface area (Å²) in [6.45, 7) is 5.89. The van der Waals surface area contributed by atoms with Crippen molar-refractivity contribution in [2.75, 3.05) is 32.8 Å². The molecule has 2 aromatic heterocycles. The fourth-order valence-electron chi connectivity index (χ4n) is 5.38. The van der Waals surface area contributed by atoms with Gasteiger partial charge in [0.05, 0.1) is 30.5 Å². The molecule has 4 heterocycles. The van der Waals surface area contributed by atoms with Gasteiger partial charge in [0.1, 0.15) is 0 Å². The van der Waals surface area contributed by atoms with Gasteiger partial charge in [-0.25, -0.2) is 0 Å². The third kappa shape index (κ3) is 3.93. The molecule has 0 aliphatic carbocycles. The van der Waals surface area contributed by atoms with Crippen LogP contribution in [0.2, 0.25) is 0 Å². The van der Waals surface area contributed by atoms with Gasteiger partial charge in [0, 0.05) is 71.5 Å². The van der Waals surface area contributed by atoms with Crippen LogP contribution >= 0.6 is 0 Å². The van der Waals surface area contributed by atoms with Crippen LogP contribution in [0.5, 0.6) is 0 Å². The fourth-order valence-corrected chi connectivity index (χ4v) is 5.38. The van der Waals surface area contributed by atoms with Gasteiger partial charge in [0.2, 0.25) is 0 Å². The number of aryl methyl sites for hydroxylation is 1. The van der Waals surface area contributed by atoms with E-state index in [4.69, 9.17) is 4.74 Å². The number of rotatable bonds is 6. The van der Waals surface area contributed by atoms with E-state index < -0.39 is 17.9 Å². The van der Waals surface area contributed by atoms with E-state index >= 15 is 0 Å². The summed E-state index contributed by atoms with van der Waals surface area (Å²) < 4.78 is 7.40. The number of morpholine rings is 1. The minimum absolute atomic E-state index is 0.363. The minimum atomic E-state index is -0.589. The van der Waals surface area contributed by atoms with Crippen LogP contribution in [0.3, 0.4) is 0 Å². The number of aromatic nitrogens is 2. The lowest BCUT2D eigenvalue weighted by Gasteiger charge is -2.28. The number of aliphatic hydroxyl groups excluding tert-OH is 1. The summed E-state index contributed by atoms with van der Waals surface area (Å²) in [4.78, 5) is 31.6. The molecule has 0 bridgehead atoms. The molecule has 6 rings (SSSR count). The summed E-state index contributed by atoms with van der Waals surface area (Å²) in [5.41, 5.74) is 4.98. The third-order valence-corrected chi connectivity index (χ3v) is 7.08. The van der Waals surface area contributed by atoms with E-state index in [0.29, 0.717) is 48.6 Å². The van der Waals surface area contributed by atoms with Crippen LogP contribution < -0.4 is 5.32 Å². The van der Waals surface area contributed by atoms with Gasteiger partial charge in [-0.05, 0) is 25.1 Å². The van der Waals surface area contributed by atoms with Crippen LogP contribution in [0.4, 0.5) is 0 Å². The quantitative estimate of drug-likeness (QED) is 0.366. The Morgan fingerprint density at radius 1 is 0.972 bits per heavy atom. The topological polar surface area (TPSA) is 99.6 Å². The van der Waals surface area contributed by atoms with Crippen molar-refractivity contribution in [1.29, 1.82) is 0 Å². The highest BCUT2D eigenvalue weighted by atomic mass is 16.5. The number of H-pyrrole nitrogens is 1. The summed E-state index contributed by atoms with van der Waals surface area (Å²) >= 11 is 0. The average molecular weight is 485 g/mol. The summed E-state index contributed by atoms with van der Waals surface area (Å²) in [6, 6.07) is 13.8. The zero-order valence-corrected chi connectivity index (χ0v) is 20.1. The van der Waals surface area contributed by atoms with Gasteiger partial charge >= 0.3 is 0 Å². The Balaban J connectivity index is 1.46. The Morgan fingerprint density at radius 2 is 1.72 bits per heavy atom. The van der Waals surface area contributed by atoms with Crippen molar-refractivity contribution >= 4 is 44.8 Å². The molecule has 2 aromatic carbocycles. The molecule has 8 heteroatoms. The molecular formula is C28H28N4O4. The normalized spacial score (nSPS) is 17.9. The van der Waals surface area contributed by atoms with Crippen molar-refractivity contribution in [2.24, 2.45) is 0 Å². The molecule has 1 unspecified atom stereocenters. The SMILES string of the molecule is Cc1ccc2c(c1)c(C1=C(c3c[nH]c4ccccc34)C(=O)NC1=O)cn2CC(O)CN1CCOCC1. The summed E-state index contributed by atoms with van der Waals surface area (Å²) in [6.07, 6.45) is 3.10. The van der Waals surface area contributed by atoms with Gasteiger partial charge in [-0.2, -0.15) is 0 Å². The monoisotopic (exact) mass is 484 g/mol. The average Bonchev–Trinajstić information content (AvgIpc) is 3.52. The highest BCUT2D eigenvalue weighted by Crippen LogP contribution is 2.38. The third-order valence-electron chi connectivity index (χ3n) is 7.08. The zero-order valence-electron chi connectivity index (χ0n) is 20.1. The number of nitrogens with zero attached hydrogens (tertiary/aromatic N) is 2. The van der Waals surface area contributed by atoms with Gasteiger partial charge < -0.3 is 19.4 Å². The molecule has 1 saturated heterocycles. The van der Waals surface area contributed by atoms with Crippen molar-refractivity contribution < 1.29 is 19.4 Å². The van der Waals surface area contributed by atoms with Crippen LogP contribution in [0, 0.1) is 6.92 Å². The number of benzene rings is 2. The van der Waals surface area contributed by atoms with Crippen molar-refractivity contribution in [3.8, 4) is 0 Å². The number of fused-ring (bicyclic) bond motifs is 2. The van der Waals surface area contributed by atoms with E-state index in [9.17, 15) is 14.7 Å². The molecule has 2 aliphatic heterocycles. The van der Waals surface area contributed by atoms with Crippen molar-refractivity contribution in [3.63, 3.8) is 0 Å². The molecule has 4 aromatic rings. The highest BCUT2D eigenvalue weighted by Gasteiger charge is 2.35. The fraction of sp³-hybridized carbons (Fsp3) is 0.286. The smallest absolute Gasteiger partial charge is 0.259 e. The Bertz CT molecular complexity index is 1520. The number of ether oxygens (including phenoxy) is 1. The Hall–Kier alpha value is -3.72. The molecule has 2 amide bonds. The number of carbonyl (C=O) groups excluding carboxylic acids is 2. The Labute approximate surface area is 208 Å². The van der Waals surface area contributed by atoms with Crippen molar-refractivity contribution in [1.82, 2.24) is 19.8 Å². The van der Waals surface area contributed by atoms with E-state index in [-0.39, 0.29) is 0 Å². The number of imide groups is 1. The first kappa shape index (κ1) is 22.7. The van der Waals surface area contributed by atoms with Gasteiger partial charge in [-0.1, -0.05) is 29.8 Å². The number of aromatic amines is 1. The van der Waals surface area contributed by atoms with Gasteiger partial charge in [0.15, 0.2) is 0 Å². The molecule has 0 saturated carbocycles. The second-order valence-electron chi connectivity index (χ2n) is 9.56. The number of hydrogen-bond acceptors (Lipinski definition) is 5. The second-order valence-corrected chi connectivity index (χ2v) is 9.56. The predicted molar refractivity (Wildman–Crippen MR) is 138 cm³/mol. The second kappa shape index (κ2) is 9.05. The Morgan fingerprint density at radius 3 is 2.53 bits per heavy atom. The van der Waals surface area contributed by atoms with Crippen LogP contribution in [0.1, 0.15) is 16.7 Å². The number of aliphatic hydroxyl groups is 1. The van der Waals surface area contributed by atoms with Crippen LogP contribution in [0.25, 0.3) is 33.0 Å². The van der Waals surface area contributed by atoms with Crippen molar-refractivity contribution in [3.05, 3.63) is 71.5 Å². The molecule has 8 nitrogen and oxygen atoms in total. The zero-order chi connectivity index (χ0) is 24.8. The lowest BCUT2D eigenvalue weighted by molar-refractivity contribution is -0.122. The van der Waals surface area contributed by atoms with E-state index in [1.54, 1.807) is 6.20 Å². The lowest BCUT2D eigenvalue weighted by atomic mass is 9.95. The summed E-state index contributed by atoms with van der Waals surface area (Å²) in [7, 11) is 0. The first-order valence-corrected chi connectivity index (χ1v) is 12.2. The first-order chi connectivity index (χ1) is 17.5. The Kier molecular flexibility index (Phi) is 5.72. The minimum Gasteiger partial charge on any atom is -0.390 e. The maximum Gasteiger partial charge on any atom is 0.259 e. The first-order valence-electron chi connectivity index (χ1n) is 12.2. The molecule has 184 valence electrons. The molecular weight excluding hydrogens is 456 g/mol. The molecule has 0 radical (unpaired) electrons. The maximum absolute atomic E-state index is 13.2. The van der Waals surface area contributed by atoms with E-state index in [2.05, 4.69) is 15.2 Å². The largest absolute Gasteiger partial charge is 0.390 e.